The van der Waals surface area contributed by atoms with E-state index >= 15 is 0 Å². The number of thioether (sulfide) groups is 1. The van der Waals surface area contributed by atoms with E-state index < -0.39 is 5.97 Å². The Morgan fingerprint density at radius 2 is 2.18 bits per heavy atom. The van der Waals surface area contributed by atoms with E-state index in [0.29, 0.717) is 22.6 Å². The van der Waals surface area contributed by atoms with Crippen LogP contribution in [-0.4, -0.2) is 21.8 Å². The number of benzene rings is 1. The summed E-state index contributed by atoms with van der Waals surface area (Å²) in [6.07, 6.45) is 2.96. The van der Waals surface area contributed by atoms with E-state index in [1.165, 1.54) is 18.5 Å². The van der Waals surface area contributed by atoms with Gasteiger partial charge in [0.15, 0.2) is 0 Å². The highest BCUT2D eigenvalue weighted by Crippen LogP contribution is 2.30. The van der Waals surface area contributed by atoms with E-state index in [2.05, 4.69) is 24.9 Å². The lowest BCUT2D eigenvalue weighted by Crippen LogP contribution is -2.00. The molecule has 0 aliphatic heterocycles. The third-order valence-corrected chi connectivity index (χ3v) is 4.54. The SMILES string of the molecule is CC(C)CSc1ccc(-c2cnccc2C(=O)O)cc1C#N. The summed E-state index contributed by atoms with van der Waals surface area (Å²) >= 11 is 1.64. The van der Waals surface area contributed by atoms with E-state index in [1.54, 1.807) is 17.8 Å². The largest absolute Gasteiger partial charge is 0.478 e. The van der Waals surface area contributed by atoms with Gasteiger partial charge in [-0.05, 0) is 29.7 Å². The Bertz CT molecular complexity index is 736. The van der Waals surface area contributed by atoms with Crippen molar-refractivity contribution in [2.24, 2.45) is 5.92 Å². The number of aromatic nitrogens is 1. The molecule has 2 aromatic rings. The predicted octanol–water partition coefficient (Wildman–Crippen LogP) is 4.07. The van der Waals surface area contributed by atoms with Crippen LogP contribution >= 0.6 is 11.8 Å². The van der Waals surface area contributed by atoms with Crippen LogP contribution in [0.5, 0.6) is 0 Å². The maximum Gasteiger partial charge on any atom is 0.336 e. The van der Waals surface area contributed by atoms with Crippen molar-refractivity contribution in [3.63, 3.8) is 0 Å². The molecule has 0 aliphatic carbocycles. The number of carboxylic acids is 1. The van der Waals surface area contributed by atoms with Gasteiger partial charge < -0.3 is 5.11 Å². The molecule has 0 atom stereocenters. The first kappa shape index (κ1) is 16.1. The number of hydrogen-bond acceptors (Lipinski definition) is 4. The van der Waals surface area contributed by atoms with Crippen molar-refractivity contribution in [2.75, 3.05) is 5.75 Å². The molecule has 0 amide bonds. The number of rotatable bonds is 5. The van der Waals surface area contributed by atoms with Crippen molar-refractivity contribution in [2.45, 2.75) is 18.7 Å². The van der Waals surface area contributed by atoms with Gasteiger partial charge in [0, 0.05) is 28.6 Å². The number of carbonyl (C=O) groups is 1. The molecule has 112 valence electrons. The van der Waals surface area contributed by atoms with Crippen LogP contribution in [0.2, 0.25) is 0 Å². The number of hydrogen-bond donors (Lipinski definition) is 1. The summed E-state index contributed by atoms with van der Waals surface area (Å²) in [5.41, 5.74) is 1.95. The van der Waals surface area contributed by atoms with Crippen molar-refractivity contribution < 1.29 is 9.90 Å². The van der Waals surface area contributed by atoms with Crippen molar-refractivity contribution in [3.05, 3.63) is 47.8 Å². The minimum absolute atomic E-state index is 0.182. The van der Waals surface area contributed by atoms with Crippen LogP contribution in [0, 0.1) is 17.2 Å². The molecule has 0 fully saturated rings. The van der Waals surface area contributed by atoms with Crippen LogP contribution in [-0.2, 0) is 0 Å². The van der Waals surface area contributed by atoms with E-state index in [-0.39, 0.29) is 5.56 Å². The molecule has 0 unspecified atom stereocenters. The van der Waals surface area contributed by atoms with Crippen molar-refractivity contribution in [1.82, 2.24) is 4.98 Å². The highest BCUT2D eigenvalue weighted by atomic mass is 32.2. The molecule has 0 bridgehead atoms. The lowest BCUT2D eigenvalue weighted by Gasteiger charge is -2.10. The highest BCUT2D eigenvalue weighted by Gasteiger charge is 2.13. The van der Waals surface area contributed by atoms with Gasteiger partial charge in [-0.25, -0.2) is 4.79 Å². The van der Waals surface area contributed by atoms with Gasteiger partial charge >= 0.3 is 5.97 Å². The van der Waals surface area contributed by atoms with Gasteiger partial charge in [0.25, 0.3) is 0 Å². The standard InChI is InChI=1S/C17H16N2O2S/c1-11(2)10-22-16-4-3-12(7-13(16)8-18)15-9-19-6-5-14(15)17(20)21/h3-7,9,11H,10H2,1-2H3,(H,20,21). The van der Waals surface area contributed by atoms with Crippen LogP contribution in [0.1, 0.15) is 29.8 Å². The zero-order valence-electron chi connectivity index (χ0n) is 12.4. The molecule has 1 aromatic heterocycles. The Hall–Kier alpha value is -2.32. The molecule has 22 heavy (non-hydrogen) atoms. The van der Waals surface area contributed by atoms with Gasteiger partial charge in [-0.2, -0.15) is 5.26 Å². The molecule has 1 heterocycles. The lowest BCUT2D eigenvalue weighted by atomic mass is 10.0. The summed E-state index contributed by atoms with van der Waals surface area (Å²) in [6, 6.07) is 9.10. The number of carboxylic acid groups (broad SMARTS) is 1. The van der Waals surface area contributed by atoms with E-state index in [4.69, 9.17) is 0 Å². The average Bonchev–Trinajstić information content (AvgIpc) is 2.52. The Kier molecular flexibility index (Phi) is 5.18. The van der Waals surface area contributed by atoms with E-state index in [9.17, 15) is 15.2 Å². The average molecular weight is 312 g/mol. The molecular formula is C17H16N2O2S. The van der Waals surface area contributed by atoms with Crippen LogP contribution in [0.4, 0.5) is 0 Å². The van der Waals surface area contributed by atoms with Crippen molar-refractivity contribution >= 4 is 17.7 Å². The van der Waals surface area contributed by atoms with Gasteiger partial charge in [-0.1, -0.05) is 19.9 Å². The minimum Gasteiger partial charge on any atom is -0.478 e. The molecule has 1 N–H and O–H groups in total. The van der Waals surface area contributed by atoms with Crippen molar-refractivity contribution in [3.8, 4) is 17.2 Å². The molecule has 0 saturated carbocycles. The summed E-state index contributed by atoms with van der Waals surface area (Å²) in [5, 5.41) is 18.6. The second-order valence-corrected chi connectivity index (χ2v) is 6.32. The van der Waals surface area contributed by atoms with Crippen LogP contribution in [0.25, 0.3) is 11.1 Å². The molecule has 0 aliphatic rings. The van der Waals surface area contributed by atoms with Gasteiger partial charge in [-0.3, -0.25) is 4.98 Å². The molecule has 0 radical (unpaired) electrons. The summed E-state index contributed by atoms with van der Waals surface area (Å²) in [4.78, 5) is 16.2. The molecule has 5 heteroatoms. The smallest absolute Gasteiger partial charge is 0.336 e. The zero-order valence-corrected chi connectivity index (χ0v) is 13.2. The van der Waals surface area contributed by atoms with E-state index in [1.807, 2.05) is 12.1 Å². The minimum atomic E-state index is -1.01. The molecule has 1 aromatic carbocycles. The third kappa shape index (κ3) is 3.66. The topological polar surface area (TPSA) is 74.0 Å². The predicted molar refractivity (Wildman–Crippen MR) is 86.9 cm³/mol. The summed E-state index contributed by atoms with van der Waals surface area (Å²) < 4.78 is 0. The first-order valence-electron chi connectivity index (χ1n) is 6.87. The number of pyridine rings is 1. The monoisotopic (exact) mass is 312 g/mol. The zero-order chi connectivity index (χ0) is 16.1. The molecule has 0 spiro atoms. The lowest BCUT2D eigenvalue weighted by molar-refractivity contribution is 0.0697. The van der Waals surface area contributed by atoms with Crippen LogP contribution in [0.3, 0.4) is 0 Å². The second-order valence-electron chi connectivity index (χ2n) is 5.25. The Labute approximate surface area is 133 Å². The number of nitriles is 1. The number of nitrogens with zero attached hydrogens (tertiary/aromatic N) is 2. The molecular weight excluding hydrogens is 296 g/mol. The van der Waals surface area contributed by atoms with Gasteiger partial charge in [-0.15, -0.1) is 11.8 Å². The Morgan fingerprint density at radius 3 is 2.82 bits per heavy atom. The molecule has 0 saturated heterocycles. The summed E-state index contributed by atoms with van der Waals surface area (Å²) in [5.74, 6) is 0.462. The quantitative estimate of drug-likeness (QED) is 0.842. The summed E-state index contributed by atoms with van der Waals surface area (Å²) in [6.45, 7) is 4.25. The van der Waals surface area contributed by atoms with Gasteiger partial charge in [0.05, 0.1) is 11.1 Å². The van der Waals surface area contributed by atoms with Crippen LogP contribution < -0.4 is 0 Å². The third-order valence-electron chi connectivity index (χ3n) is 3.03. The second kappa shape index (κ2) is 7.10. The molecule has 2 rings (SSSR count). The summed E-state index contributed by atoms with van der Waals surface area (Å²) in [7, 11) is 0. The fraction of sp³-hybridized carbons (Fsp3) is 0.235. The number of aromatic carboxylic acids is 1. The fourth-order valence-electron chi connectivity index (χ4n) is 1.98. The first-order chi connectivity index (χ1) is 10.5. The Balaban J connectivity index is 2.43. The highest BCUT2D eigenvalue weighted by molar-refractivity contribution is 7.99. The maximum absolute atomic E-state index is 11.3. The van der Waals surface area contributed by atoms with Gasteiger partial charge in [0.2, 0.25) is 0 Å². The van der Waals surface area contributed by atoms with E-state index in [0.717, 1.165) is 10.6 Å². The van der Waals surface area contributed by atoms with Crippen LogP contribution in [0.15, 0.2) is 41.6 Å². The maximum atomic E-state index is 11.3. The van der Waals surface area contributed by atoms with Gasteiger partial charge in [0.1, 0.15) is 6.07 Å². The Morgan fingerprint density at radius 1 is 1.41 bits per heavy atom. The first-order valence-corrected chi connectivity index (χ1v) is 7.86. The van der Waals surface area contributed by atoms with Crippen molar-refractivity contribution in [1.29, 1.82) is 5.26 Å². The molecule has 4 nitrogen and oxygen atoms in total. The normalized spacial score (nSPS) is 10.5. The fourth-order valence-corrected chi connectivity index (χ4v) is 2.92.